The molecule has 0 radical (unpaired) electrons. The summed E-state index contributed by atoms with van der Waals surface area (Å²) in [5.74, 6) is 0. The molecule has 2 heterocycles. The number of nitrogens with one attached hydrogen (secondary N) is 2. The van der Waals surface area contributed by atoms with E-state index in [1.807, 2.05) is 7.05 Å². The van der Waals surface area contributed by atoms with Crippen LogP contribution in [-0.2, 0) is 16.6 Å². The van der Waals surface area contributed by atoms with Crippen molar-refractivity contribution >= 4 is 10.0 Å². The molecule has 7 heteroatoms. The lowest BCUT2D eigenvalue weighted by atomic mass is 10.3. The quantitative estimate of drug-likeness (QED) is 0.828. The minimum absolute atomic E-state index is 0.362. The van der Waals surface area contributed by atoms with Gasteiger partial charge in [0.15, 0.2) is 0 Å². The third kappa shape index (κ3) is 3.22. The summed E-state index contributed by atoms with van der Waals surface area (Å²) in [6.07, 6.45) is 1.58. The van der Waals surface area contributed by atoms with Crippen LogP contribution in [-0.4, -0.2) is 61.9 Å². The fourth-order valence-corrected chi connectivity index (χ4v) is 3.91. The Morgan fingerprint density at radius 2 is 1.95 bits per heavy atom. The Morgan fingerprint density at radius 1 is 1.30 bits per heavy atom. The zero-order valence-corrected chi connectivity index (χ0v) is 13.2. The molecule has 0 spiro atoms. The molecule has 0 amide bonds. The summed E-state index contributed by atoms with van der Waals surface area (Å²) in [7, 11) is -1.53. The molecular formula is C13H24N4O2S. The van der Waals surface area contributed by atoms with E-state index >= 15 is 0 Å². The first kappa shape index (κ1) is 15.5. The van der Waals surface area contributed by atoms with Gasteiger partial charge >= 0.3 is 0 Å². The van der Waals surface area contributed by atoms with Crippen molar-refractivity contribution < 1.29 is 8.42 Å². The smallest absolute Gasteiger partial charge is 0.244 e. The van der Waals surface area contributed by atoms with Crippen molar-refractivity contribution in [2.24, 2.45) is 0 Å². The lowest BCUT2D eigenvalue weighted by Gasteiger charge is -2.36. The number of piperazine rings is 1. The van der Waals surface area contributed by atoms with E-state index in [1.54, 1.807) is 16.6 Å². The summed E-state index contributed by atoms with van der Waals surface area (Å²) >= 11 is 0. The van der Waals surface area contributed by atoms with Gasteiger partial charge in [-0.25, -0.2) is 8.42 Å². The van der Waals surface area contributed by atoms with E-state index in [0.29, 0.717) is 30.6 Å². The number of aromatic nitrogens is 1. The number of sulfonamides is 1. The van der Waals surface area contributed by atoms with Crippen molar-refractivity contribution in [1.29, 1.82) is 0 Å². The van der Waals surface area contributed by atoms with Crippen molar-refractivity contribution in [3.8, 4) is 0 Å². The van der Waals surface area contributed by atoms with Crippen LogP contribution in [0.15, 0.2) is 17.2 Å². The molecule has 114 valence electrons. The predicted octanol–water partition coefficient (Wildman–Crippen LogP) is 0.449. The highest BCUT2D eigenvalue weighted by Crippen LogP contribution is 2.19. The summed E-state index contributed by atoms with van der Waals surface area (Å²) in [4.78, 5) is 5.66. The first-order valence-electron chi connectivity index (χ1n) is 7.01. The Hall–Kier alpha value is -0.890. The summed E-state index contributed by atoms with van der Waals surface area (Å²) in [5.41, 5.74) is 0.881. The molecule has 6 nitrogen and oxygen atoms in total. The van der Waals surface area contributed by atoms with E-state index in [0.717, 1.165) is 18.8 Å². The zero-order chi connectivity index (χ0) is 14.8. The molecule has 1 fully saturated rings. The molecule has 0 aromatic carbocycles. The van der Waals surface area contributed by atoms with E-state index in [4.69, 9.17) is 0 Å². The molecular weight excluding hydrogens is 276 g/mol. The first-order valence-corrected chi connectivity index (χ1v) is 8.45. The largest absolute Gasteiger partial charge is 0.363 e. The SMILES string of the molecule is CNCc1cc(S(=O)(=O)N2CCN(C(C)C)CC2)c[nH]1. The third-order valence-electron chi connectivity index (χ3n) is 3.72. The van der Waals surface area contributed by atoms with E-state index in [1.165, 1.54) is 0 Å². The molecule has 0 unspecified atom stereocenters. The lowest BCUT2D eigenvalue weighted by molar-refractivity contribution is 0.154. The monoisotopic (exact) mass is 300 g/mol. The van der Waals surface area contributed by atoms with Gasteiger partial charge in [-0.15, -0.1) is 0 Å². The van der Waals surface area contributed by atoms with Crippen LogP contribution in [0.4, 0.5) is 0 Å². The minimum Gasteiger partial charge on any atom is -0.363 e. The third-order valence-corrected chi connectivity index (χ3v) is 5.60. The van der Waals surface area contributed by atoms with Crippen molar-refractivity contribution in [1.82, 2.24) is 19.5 Å². The maximum absolute atomic E-state index is 12.5. The van der Waals surface area contributed by atoms with E-state index < -0.39 is 10.0 Å². The molecule has 0 bridgehead atoms. The Labute approximate surface area is 121 Å². The number of H-pyrrole nitrogens is 1. The summed E-state index contributed by atoms with van der Waals surface area (Å²) in [5, 5.41) is 3.00. The van der Waals surface area contributed by atoms with Gasteiger partial charge in [0.2, 0.25) is 10.0 Å². The highest BCUT2D eigenvalue weighted by Gasteiger charge is 2.29. The van der Waals surface area contributed by atoms with Crippen LogP contribution in [0, 0.1) is 0 Å². The van der Waals surface area contributed by atoms with Crippen molar-refractivity contribution in [2.45, 2.75) is 31.3 Å². The van der Waals surface area contributed by atoms with Gasteiger partial charge in [-0.2, -0.15) is 4.31 Å². The molecule has 1 saturated heterocycles. The molecule has 2 N–H and O–H groups in total. The Morgan fingerprint density at radius 3 is 2.50 bits per heavy atom. The summed E-state index contributed by atoms with van der Waals surface area (Å²) < 4.78 is 26.7. The molecule has 0 aliphatic carbocycles. The van der Waals surface area contributed by atoms with Gasteiger partial charge in [0, 0.05) is 50.7 Å². The number of aromatic amines is 1. The second-order valence-electron chi connectivity index (χ2n) is 5.42. The Balaban J connectivity index is 2.07. The average molecular weight is 300 g/mol. The molecule has 1 aliphatic heterocycles. The molecule has 0 saturated carbocycles. The average Bonchev–Trinajstić information content (AvgIpc) is 2.88. The first-order chi connectivity index (χ1) is 9.45. The van der Waals surface area contributed by atoms with Crippen LogP contribution in [0.5, 0.6) is 0 Å². The maximum atomic E-state index is 12.5. The van der Waals surface area contributed by atoms with E-state index in [-0.39, 0.29) is 0 Å². The zero-order valence-electron chi connectivity index (χ0n) is 12.4. The minimum atomic E-state index is -3.36. The van der Waals surface area contributed by atoms with Gasteiger partial charge < -0.3 is 10.3 Å². The lowest BCUT2D eigenvalue weighted by Crippen LogP contribution is -2.50. The fraction of sp³-hybridized carbons (Fsp3) is 0.692. The van der Waals surface area contributed by atoms with Gasteiger partial charge in [0.25, 0.3) is 0 Å². The molecule has 20 heavy (non-hydrogen) atoms. The van der Waals surface area contributed by atoms with Crippen LogP contribution in [0.2, 0.25) is 0 Å². The fourth-order valence-electron chi connectivity index (χ4n) is 2.47. The van der Waals surface area contributed by atoms with E-state index in [9.17, 15) is 8.42 Å². The van der Waals surface area contributed by atoms with Crippen LogP contribution in [0.25, 0.3) is 0 Å². The normalized spacial score (nSPS) is 18.8. The summed E-state index contributed by atoms with van der Waals surface area (Å²) in [6, 6.07) is 2.18. The van der Waals surface area contributed by atoms with E-state index in [2.05, 4.69) is 29.0 Å². The van der Waals surface area contributed by atoms with Crippen LogP contribution < -0.4 is 5.32 Å². The van der Waals surface area contributed by atoms with Crippen LogP contribution in [0.1, 0.15) is 19.5 Å². The van der Waals surface area contributed by atoms with Crippen LogP contribution in [0.3, 0.4) is 0 Å². The molecule has 1 aliphatic rings. The van der Waals surface area contributed by atoms with Crippen molar-refractivity contribution in [2.75, 3.05) is 33.2 Å². The Kier molecular flexibility index (Phi) is 4.85. The molecule has 0 atom stereocenters. The topological polar surface area (TPSA) is 68.4 Å². The standard InChI is InChI=1S/C13H24N4O2S/c1-11(2)16-4-6-17(7-5-16)20(18,19)13-8-12(9-14-3)15-10-13/h8,10-11,14-15H,4-7,9H2,1-3H3. The Bertz CT molecular complexity index is 530. The maximum Gasteiger partial charge on any atom is 0.244 e. The van der Waals surface area contributed by atoms with Gasteiger partial charge in [0.05, 0.1) is 4.90 Å². The highest BCUT2D eigenvalue weighted by molar-refractivity contribution is 7.89. The van der Waals surface area contributed by atoms with Crippen LogP contribution >= 0.6 is 0 Å². The van der Waals surface area contributed by atoms with Gasteiger partial charge in [-0.1, -0.05) is 0 Å². The van der Waals surface area contributed by atoms with Crippen molar-refractivity contribution in [3.63, 3.8) is 0 Å². The number of hydrogen-bond donors (Lipinski definition) is 2. The second-order valence-corrected chi connectivity index (χ2v) is 7.36. The highest BCUT2D eigenvalue weighted by atomic mass is 32.2. The molecule has 2 rings (SSSR count). The number of rotatable bonds is 5. The van der Waals surface area contributed by atoms with Gasteiger partial charge in [-0.3, -0.25) is 4.90 Å². The predicted molar refractivity (Wildman–Crippen MR) is 79.0 cm³/mol. The van der Waals surface area contributed by atoms with Gasteiger partial charge in [0.1, 0.15) is 0 Å². The molecule has 1 aromatic rings. The molecule has 1 aromatic heterocycles. The second kappa shape index (κ2) is 6.26. The summed E-state index contributed by atoms with van der Waals surface area (Å²) in [6.45, 7) is 7.63. The van der Waals surface area contributed by atoms with Crippen molar-refractivity contribution in [3.05, 3.63) is 18.0 Å². The number of nitrogens with zero attached hydrogens (tertiary/aromatic N) is 2. The van der Waals surface area contributed by atoms with Gasteiger partial charge in [-0.05, 0) is 27.0 Å². The number of hydrogen-bond acceptors (Lipinski definition) is 4.